The van der Waals surface area contributed by atoms with Crippen molar-refractivity contribution in [1.82, 2.24) is 20.5 Å². The first-order valence-corrected chi connectivity index (χ1v) is 10.1. The van der Waals surface area contributed by atoms with Gasteiger partial charge in [-0.25, -0.2) is 4.98 Å². The van der Waals surface area contributed by atoms with Gasteiger partial charge in [-0.1, -0.05) is 25.7 Å². The van der Waals surface area contributed by atoms with Crippen molar-refractivity contribution < 1.29 is 19.4 Å². The summed E-state index contributed by atoms with van der Waals surface area (Å²) in [6.45, 7) is 7.24. The third-order valence-corrected chi connectivity index (χ3v) is 4.51. The smallest absolute Gasteiger partial charge is 0.291 e. The van der Waals surface area contributed by atoms with Crippen molar-refractivity contribution in [3.63, 3.8) is 0 Å². The van der Waals surface area contributed by atoms with E-state index in [-0.39, 0.29) is 18.3 Å². The Hall–Kier alpha value is -3.38. The molecule has 3 rings (SSSR count). The van der Waals surface area contributed by atoms with Gasteiger partial charge in [-0.15, -0.1) is 5.10 Å². The van der Waals surface area contributed by atoms with E-state index < -0.39 is 17.6 Å². The maximum Gasteiger partial charge on any atom is 0.291 e. The number of aliphatic hydroxyl groups is 1. The van der Waals surface area contributed by atoms with Crippen molar-refractivity contribution in [2.24, 2.45) is 5.92 Å². The molecule has 0 saturated heterocycles. The number of fused-ring (bicyclic) bond motifs is 1. The van der Waals surface area contributed by atoms with E-state index in [0.717, 1.165) is 0 Å². The second kappa shape index (κ2) is 8.78. The van der Waals surface area contributed by atoms with Crippen LogP contribution in [0.5, 0.6) is 5.75 Å². The lowest BCUT2D eigenvalue weighted by Gasteiger charge is -2.20. The van der Waals surface area contributed by atoms with Gasteiger partial charge in [0.2, 0.25) is 5.82 Å². The molecule has 2 heterocycles. The Kier molecular flexibility index (Phi) is 6.32. The summed E-state index contributed by atoms with van der Waals surface area (Å²) < 4.78 is 5.77. The number of amides is 2. The monoisotopic (exact) mass is 425 g/mol. The van der Waals surface area contributed by atoms with Gasteiger partial charge in [-0.2, -0.15) is 0 Å². The van der Waals surface area contributed by atoms with Crippen molar-refractivity contribution in [2.75, 3.05) is 18.6 Å². The van der Waals surface area contributed by atoms with Crippen LogP contribution in [0.15, 0.2) is 18.2 Å². The van der Waals surface area contributed by atoms with Gasteiger partial charge in [-0.05, 0) is 38.0 Å². The molecule has 164 valence electrons. The number of anilines is 1. The fourth-order valence-corrected chi connectivity index (χ4v) is 3.00. The number of nitrogens with one attached hydrogen (secondary N) is 2. The lowest BCUT2D eigenvalue weighted by molar-refractivity contribution is -0.120. The SMILES string of the molecule is CC(C)Cc1nc(C(=O)NC2COc3ccc(C#CC(C)(C)O)cc3N(C)C2=O)n[nH]1. The highest BCUT2D eigenvalue weighted by Crippen LogP contribution is 2.31. The number of nitrogens with zero attached hydrogens (tertiary/aromatic N) is 3. The van der Waals surface area contributed by atoms with Crippen LogP contribution in [-0.2, 0) is 11.2 Å². The van der Waals surface area contributed by atoms with Crippen molar-refractivity contribution >= 4 is 17.5 Å². The fraction of sp³-hybridized carbons (Fsp3) is 0.455. The van der Waals surface area contributed by atoms with Crippen LogP contribution in [0.25, 0.3) is 0 Å². The third kappa shape index (κ3) is 5.61. The van der Waals surface area contributed by atoms with Gasteiger partial charge in [0.15, 0.2) is 0 Å². The van der Waals surface area contributed by atoms with E-state index in [0.29, 0.717) is 35.2 Å². The summed E-state index contributed by atoms with van der Waals surface area (Å²) >= 11 is 0. The predicted molar refractivity (Wildman–Crippen MR) is 115 cm³/mol. The van der Waals surface area contributed by atoms with E-state index >= 15 is 0 Å². The summed E-state index contributed by atoms with van der Waals surface area (Å²) in [6.07, 6.45) is 0.669. The molecular weight excluding hydrogens is 398 g/mol. The Morgan fingerprint density at radius 1 is 1.45 bits per heavy atom. The zero-order valence-corrected chi connectivity index (χ0v) is 18.3. The van der Waals surface area contributed by atoms with E-state index in [1.807, 2.05) is 13.8 Å². The minimum atomic E-state index is -1.13. The quantitative estimate of drug-likeness (QED) is 0.635. The van der Waals surface area contributed by atoms with Crippen LogP contribution in [0.3, 0.4) is 0 Å². The minimum absolute atomic E-state index is 0.0166. The van der Waals surface area contributed by atoms with Gasteiger partial charge in [-0.3, -0.25) is 14.7 Å². The van der Waals surface area contributed by atoms with Crippen molar-refractivity contribution in [2.45, 2.75) is 45.8 Å². The van der Waals surface area contributed by atoms with Crippen LogP contribution >= 0.6 is 0 Å². The van der Waals surface area contributed by atoms with E-state index in [2.05, 4.69) is 32.3 Å². The molecule has 3 N–H and O–H groups in total. The van der Waals surface area contributed by atoms with Crippen LogP contribution in [-0.4, -0.2) is 57.4 Å². The van der Waals surface area contributed by atoms with Gasteiger partial charge in [0.05, 0.1) is 5.69 Å². The first-order valence-electron chi connectivity index (χ1n) is 10.1. The van der Waals surface area contributed by atoms with Crippen molar-refractivity contribution in [3.8, 4) is 17.6 Å². The Balaban J connectivity index is 1.75. The molecule has 1 aliphatic heterocycles. The van der Waals surface area contributed by atoms with Crippen LogP contribution in [0.4, 0.5) is 5.69 Å². The number of hydrogen-bond acceptors (Lipinski definition) is 6. The molecule has 2 amide bonds. The highest BCUT2D eigenvalue weighted by atomic mass is 16.5. The number of carbonyl (C=O) groups is 2. The Labute approximate surface area is 181 Å². The molecule has 9 heteroatoms. The minimum Gasteiger partial charge on any atom is -0.489 e. The second-order valence-electron chi connectivity index (χ2n) is 8.43. The average Bonchev–Trinajstić information content (AvgIpc) is 3.11. The molecule has 1 unspecified atom stereocenters. The highest BCUT2D eigenvalue weighted by Gasteiger charge is 2.31. The number of likely N-dealkylation sites (N-methyl/N-ethyl adjacent to an activating group) is 1. The van der Waals surface area contributed by atoms with Crippen molar-refractivity contribution in [1.29, 1.82) is 0 Å². The standard InChI is InChI=1S/C22H27N5O4/c1-13(2)10-18-24-19(26-25-18)20(28)23-15-12-31-17-7-6-14(8-9-22(3,4)30)11-16(17)27(5)21(15)29/h6-7,11,13,15,30H,10,12H2,1-5H3,(H,23,28)(H,24,25,26). The predicted octanol–water partition coefficient (Wildman–Crippen LogP) is 1.28. The normalized spacial score (nSPS) is 16.2. The van der Waals surface area contributed by atoms with E-state index in [1.165, 1.54) is 4.90 Å². The summed E-state index contributed by atoms with van der Waals surface area (Å²) in [7, 11) is 1.61. The molecule has 2 aromatic rings. The first-order chi connectivity index (χ1) is 14.5. The zero-order chi connectivity index (χ0) is 22.8. The highest BCUT2D eigenvalue weighted by molar-refractivity contribution is 6.02. The summed E-state index contributed by atoms with van der Waals surface area (Å²) in [6, 6.07) is 4.27. The maximum absolute atomic E-state index is 13.0. The Bertz CT molecular complexity index is 1040. The van der Waals surface area contributed by atoms with E-state index in [1.54, 1.807) is 39.1 Å². The molecule has 1 aliphatic rings. The van der Waals surface area contributed by atoms with E-state index in [4.69, 9.17) is 4.74 Å². The van der Waals surface area contributed by atoms with Gasteiger partial charge in [0, 0.05) is 19.0 Å². The van der Waals surface area contributed by atoms with Gasteiger partial charge in [0.1, 0.15) is 29.8 Å². The lowest BCUT2D eigenvalue weighted by Crippen LogP contribution is -2.49. The number of ether oxygens (including phenoxy) is 1. The molecular formula is C22H27N5O4. The Morgan fingerprint density at radius 3 is 2.87 bits per heavy atom. The van der Waals surface area contributed by atoms with Crippen LogP contribution < -0.4 is 15.0 Å². The van der Waals surface area contributed by atoms with E-state index in [9.17, 15) is 14.7 Å². The van der Waals surface area contributed by atoms with Crippen molar-refractivity contribution in [3.05, 3.63) is 35.4 Å². The zero-order valence-electron chi connectivity index (χ0n) is 18.3. The average molecular weight is 425 g/mol. The largest absolute Gasteiger partial charge is 0.489 e. The molecule has 0 saturated carbocycles. The van der Waals surface area contributed by atoms with Crippen LogP contribution in [0.1, 0.15) is 49.7 Å². The molecule has 1 aromatic carbocycles. The fourth-order valence-electron chi connectivity index (χ4n) is 3.00. The van der Waals surface area contributed by atoms with Crippen LogP contribution in [0, 0.1) is 17.8 Å². The van der Waals surface area contributed by atoms with Gasteiger partial charge >= 0.3 is 0 Å². The summed E-state index contributed by atoms with van der Waals surface area (Å²) in [4.78, 5) is 31.1. The molecule has 1 atom stereocenters. The Morgan fingerprint density at radius 2 is 2.19 bits per heavy atom. The lowest BCUT2D eigenvalue weighted by atomic mass is 10.1. The molecule has 0 spiro atoms. The molecule has 1 aromatic heterocycles. The summed E-state index contributed by atoms with van der Waals surface area (Å²) in [5.41, 5.74) is 0.0295. The number of aromatic nitrogens is 3. The number of carbonyl (C=O) groups excluding carboxylic acids is 2. The molecule has 0 bridgehead atoms. The summed E-state index contributed by atoms with van der Waals surface area (Å²) in [5.74, 6) is 6.21. The molecule has 0 radical (unpaired) electrons. The second-order valence-corrected chi connectivity index (χ2v) is 8.43. The number of benzene rings is 1. The number of rotatable bonds is 4. The number of aromatic amines is 1. The molecule has 9 nitrogen and oxygen atoms in total. The van der Waals surface area contributed by atoms with Gasteiger partial charge in [0.25, 0.3) is 11.8 Å². The topological polar surface area (TPSA) is 120 Å². The third-order valence-electron chi connectivity index (χ3n) is 4.51. The number of hydrogen-bond donors (Lipinski definition) is 3. The first kappa shape index (κ1) is 22.3. The molecule has 31 heavy (non-hydrogen) atoms. The molecule has 0 fully saturated rings. The summed E-state index contributed by atoms with van der Waals surface area (Å²) in [5, 5.41) is 19.1. The van der Waals surface area contributed by atoms with Crippen LogP contribution in [0.2, 0.25) is 0 Å². The number of H-pyrrole nitrogens is 1. The maximum atomic E-state index is 13.0. The molecule has 0 aliphatic carbocycles. The van der Waals surface area contributed by atoms with Gasteiger partial charge < -0.3 is 20.1 Å².